The van der Waals surface area contributed by atoms with Gasteiger partial charge in [-0.25, -0.2) is 0 Å². The lowest BCUT2D eigenvalue weighted by Gasteiger charge is -2.08. The number of benzene rings is 2. The number of hydrogen-bond donors (Lipinski definition) is 3. The Hall–Kier alpha value is -2.59. The van der Waals surface area contributed by atoms with E-state index in [1.54, 1.807) is 0 Å². The molecule has 0 aliphatic rings. The van der Waals surface area contributed by atoms with Crippen molar-refractivity contribution < 1.29 is 9.90 Å². The molecule has 2 aromatic carbocycles. The summed E-state index contributed by atoms with van der Waals surface area (Å²) in [6.07, 6.45) is 2.30. The largest absolute Gasteiger partial charge is 0.480 e. The molecule has 0 aliphatic carbocycles. The summed E-state index contributed by atoms with van der Waals surface area (Å²) in [5.74, 6) is -0.979. The van der Waals surface area contributed by atoms with E-state index in [9.17, 15) is 4.79 Å². The van der Waals surface area contributed by atoms with Crippen LogP contribution in [0, 0.1) is 0 Å². The molecule has 0 saturated carbocycles. The molecule has 0 saturated heterocycles. The molecule has 106 valence electrons. The molecule has 1 heterocycles. The van der Waals surface area contributed by atoms with E-state index in [1.165, 1.54) is 0 Å². The van der Waals surface area contributed by atoms with Crippen LogP contribution < -0.4 is 5.73 Å². The number of aliphatic carboxylic acids is 1. The maximum atomic E-state index is 10.9. The van der Waals surface area contributed by atoms with Crippen LogP contribution >= 0.6 is 0 Å². The van der Waals surface area contributed by atoms with E-state index < -0.39 is 12.0 Å². The van der Waals surface area contributed by atoms with E-state index in [1.807, 2.05) is 48.7 Å². The third-order valence-corrected chi connectivity index (χ3v) is 3.60. The second-order valence-corrected chi connectivity index (χ2v) is 5.10. The molecular formula is C17H16N2O2. The van der Waals surface area contributed by atoms with Gasteiger partial charge in [-0.15, -0.1) is 0 Å². The summed E-state index contributed by atoms with van der Waals surface area (Å²) < 4.78 is 0. The summed E-state index contributed by atoms with van der Waals surface area (Å²) in [4.78, 5) is 14.1. The van der Waals surface area contributed by atoms with Gasteiger partial charge in [0.05, 0.1) is 0 Å². The summed E-state index contributed by atoms with van der Waals surface area (Å²) in [7, 11) is 0. The number of para-hydroxylation sites is 1. The summed E-state index contributed by atoms with van der Waals surface area (Å²) in [5, 5.41) is 10.1. The van der Waals surface area contributed by atoms with Gasteiger partial charge in [0.2, 0.25) is 0 Å². The zero-order chi connectivity index (χ0) is 14.8. The Balaban J connectivity index is 1.98. The van der Waals surface area contributed by atoms with E-state index in [0.29, 0.717) is 6.42 Å². The Morgan fingerprint density at radius 1 is 1.19 bits per heavy atom. The summed E-state index contributed by atoms with van der Waals surface area (Å²) in [6, 6.07) is 15.1. The van der Waals surface area contributed by atoms with Gasteiger partial charge in [0.25, 0.3) is 0 Å². The number of aromatic amines is 1. The van der Waals surface area contributed by atoms with Gasteiger partial charge in [-0.3, -0.25) is 4.79 Å². The van der Waals surface area contributed by atoms with Crippen LogP contribution in [0.1, 0.15) is 5.56 Å². The van der Waals surface area contributed by atoms with Gasteiger partial charge >= 0.3 is 5.97 Å². The van der Waals surface area contributed by atoms with Crippen LogP contribution in [0.25, 0.3) is 22.0 Å². The first-order valence-electron chi connectivity index (χ1n) is 6.79. The molecule has 4 N–H and O–H groups in total. The lowest BCUT2D eigenvalue weighted by molar-refractivity contribution is -0.138. The fourth-order valence-electron chi connectivity index (χ4n) is 2.52. The number of rotatable bonds is 4. The average molecular weight is 280 g/mol. The van der Waals surface area contributed by atoms with Crippen molar-refractivity contribution in [1.82, 2.24) is 4.98 Å². The maximum Gasteiger partial charge on any atom is 0.320 e. The van der Waals surface area contributed by atoms with Crippen LogP contribution in [0.2, 0.25) is 0 Å². The van der Waals surface area contributed by atoms with Crippen LogP contribution in [0.3, 0.4) is 0 Å². The maximum absolute atomic E-state index is 10.9. The topological polar surface area (TPSA) is 79.1 Å². The SMILES string of the molecule is N[C@@H](Cc1cccc(-c2c[nH]c3ccccc23)c1)C(=O)O. The highest BCUT2D eigenvalue weighted by atomic mass is 16.4. The first kappa shape index (κ1) is 13.4. The third-order valence-electron chi connectivity index (χ3n) is 3.60. The molecule has 0 aliphatic heterocycles. The highest BCUT2D eigenvalue weighted by molar-refractivity contribution is 5.95. The van der Waals surface area contributed by atoms with Gasteiger partial charge < -0.3 is 15.8 Å². The molecule has 1 aromatic heterocycles. The number of hydrogen-bond acceptors (Lipinski definition) is 2. The predicted octanol–water partition coefficient (Wildman–Crippen LogP) is 2.79. The monoisotopic (exact) mass is 280 g/mol. The Bertz CT molecular complexity index is 792. The quantitative estimate of drug-likeness (QED) is 0.687. The minimum atomic E-state index is -0.979. The predicted molar refractivity (Wildman–Crippen MR) is 83.0 cm³/mol. The van der Waals surface area contributed by atoms with Crippen molar-refractivity contribution in [2.75, 3.05) is 0 Å². The number of fused-ring (bicyclic) bond motifs is 1. The summed E-state index contributed by atoms with van der Waals surface area (Å²) in [6.45, 7) is 0. The van der Waals surface area contributed by atoms with Crippen molar-refractivity contribution in [1.29, 1.82) is 0 Å². The summed E-state index contributed by atoms with van der Waals surface area (Å²) in [5.41, 5.74) is 9.77. The number of carboxylic acids is 1. The molecular weight excluding hydrogens is 264 g/mol. The highest BCUT2D eigenvalue weighted by Crippen LogP contribution is 2.29. The van der Waals surface area contributed by atoms with Crippen LogP contribution in [0.5, 0.6) is 0 Å². The lowest BCUT2D eigenvalue weighted by atomic mass is 9.99. The first-order chi connectivity index (χ1) is 10.1. The van der Waals surface area contributed by atoms with Crippen LogP contribution in [-0.2, 0) is 11.2 Å². The second-order valence-electron chi connectivity index (χ2n) is 5.10. The van der Waals surface area contributed by atoms with Gasteiger partial charge in [-0.1, -0.05) is 42.5 Å². The van der Waals surface area contributed by atoms with Gasteiger partial charge in [0, 0.05) is 22.7 Å². The zero-order valence-corrected chi connectivity index (χ0v) is 11.4. The molecule has 1 atom stereocenters. The fourth-order valence-corrected chi connectivity index (χ4v) is 2.52. The van der Waals surface area contributed by atoms with Crippen molar-refractivity contribution >= 4 is 16.9 Å². The van der Waals surface area contributed by atoms with E-state index in [-0.39, 0.29) is 0 Å². The van der Waals surface area contributed by atoms with Crippen molar-refractivity contribution in [2.24, 2.45) is 5.73 Å². The highest BCUT2D eigenvalue weighted by Gasteiger charge is 2.13. The lowest BCUT2D eigenvalue weighted by Crippen LogP contribution is -2.32. The van der Waals surface area contributed by atoms with Crippen LogP contribution in [-0.4, -0.2) is 22.1 Å². The number of carbonyl (C=O) groups is 1. The van der Waals surface area contributed by atoms with Gasteiger partial charge in [0.1, 0.15) is 6.04 Å². The van der Waals surface area contributed by atoms with Crippen molar-refractivity contribution in [3.05, 3.63) is 60.3 Å². The molecule has 0 bridgehead atoms. The Kier molecular flexibility index (Phi) is 3.46. The molecule has 21 heavy (non-hydrogen) atoms. The number of nitrogens with two attached hydrogens (primary N) is 1. The Labute approximate surface area is 122 Å². The number of nitrogens with one attached hydrogen (secondary N) is 1. The Morgan fingerprint density at radius 3 is 2.81 bits per heavy atom. The number of carboxylic acid groups (broad SMARTS) is 1. The molecule has 3 rings (SSSR count). The normalized spacial score (nSPS) is 12.4. The van der Waals surface area contributed by atoms with Crippen molar-refractivity contribution in [2.45, 2.75) is 12.5 Å². The second kappa shape index (κ2) is 5.42. The van der Waals surface area contributed by atoms with E-state index in [0.717, 1.165) is 27.6 Å². The summed E-state index contributed by atoms with van der Waals surface area (Å²) >= 11 is 0. The van der Waals surface area contributed by atoms with Gasteiger partial charge in [-0.2, -0.15) is 0 Å². The van der Waals surface area contributed by atoms with E-state index >= 15 is 0 Å². The van der Waals surface area contributed by atoms with Crippen LogP contribution in [0.15, 0.2) is 54.7 Å². The first-order valence-corrected chi connectivity index (χ1v) is 6.79. The van der Waals surface area contributed by atoms with E-state index in [4.69, 9.17) is 10.8 Å². The molecule has 0 amide bonds. The number of H-pyrrole nitrogens is 1. The third kappa shape index (κ3) is 2.66. The molecule has 0 unspecified atom stereocenters. The molecule has 0 radical (unpaired) electrons. The molecule has 4 nitrogen and oxygen atoms in total. The fraction of sp³-hybridized carbons (Fsp3) is 0.118. The zero-order valence-electron chi connectivity index (χ0n) is 11.4. The van der Waals surface area contributed by atoms with Crippen molar-refractivity contribution in [3.63, 3.8) is 0 Å². The molecule has 4 heteroatoms. The van der Waals surface area contributed by atoms with Gasteiger partial charge in [0.15, 0.2) is 0 Å². The molecule has 3 aromatic rings. The van der Waals surface area contributed by atoms with Gasteiger partial charge in [-0.05, 0) is 23.6 Å². The number of aromatic nitrogens is 1. The average Bonchev–Trinajstić information content (AvgIpc) is 2.91. The molecule has 0 fully saturated rings. The minimum absolute atomic E-state index is 0.325. The smallest absolute Gasteiger partial charge is 0.320 e. The van der Waals surface area contributed by atoms with Crippen molar-refractivity contribution in [3.8, 4) is 11.1 Å². The standard InChI is InChI=1S/C17H16N2O2/c18-15(17(20)21)9-11-4-3-5-12(8-11)14-10-19-16-7-2-1-6-13(14)16/h1-8,10,15,19H,9,18H2,(H,20,21)/t15-/m0/s1. The van der Waals surface area contributed by atoms with E-state index in [2.05, 4.69) is 11.1 Å². The van der Waals surface area contributed by atoms with Crippen LogP contribution in [0.4, 0.5) is 0 Å². The molecule has 0 spiro atoms. The Morgan fingerprint density at radius 2 is 2.00 bits per heavy atom. The minimum Gasteiger partial charge on any atom is -0.480 e.